The topological polar surface area (TPSA) is 66.8 Å². The summed E-state index contributed by atoms with van der Waals surface area (Å²) in [6.45, 7) is 2.58. The van der Waals surface area contributed by atoms with Gasteiger partial charge in [0.25, 0.3) is 0 Å². The smallest absolute Gasteiger partial charge is 0.343 e. The Labute approximate surface area is 163 Å². The van der Waals surface area contributed by atoms with E-state index in [1.165, 1.54) is 13.8 Å². The monoisotopic (exact) mass is 404 g/mol. The summed E-state index contributed by atoms with van der Waals surface area (Å²) >= 11 is 3.82. The molecule has 1 aliphatic heterocycles. The number of hydrogen-bond acceptors (Lipinski definition) is 6. The van der Waals surface area contributed by atoms with Crippen molar-refractivity contribution in [1.82, 2.24) is 0 Å². The maximum atomic E-state index is 14.0. The molecule has 1 saturated heterocycles. The number of hydrogen-bond donors (Lipinski definition) is 2. The van der Waals surface area contributed by atoms with Gasteiger partial charge >= 0.3 is 5.97 Å². The third kappa shape index (κ3) is 2.92. The van der Waals surface area contributed by atoms with Crippen molar-refractivity contribution in [2.75, 3.05) is 24.7 Å². The van der Waals surface area contributed by atoms with Crippen molar-refractivity contribution in [2.45, 2.75) is 61.3 Å². The Morgan fingerprint density at radius 1 is 1.12 bits per heavy atom. The van der Waals surface area contributed by atoms with Crippen LogP contribution in [0.2, 0.25) is 0 Å². The minimum absolute atomic E-state index is 0.0185. The molecule has 4 aliphatic carbocycles. The van der Waals surface area contributed by atoms with Crippen LogP contribution in [0.1, 0.15) is 46.0 Å². The summed E-state index contributed by atoms with van der Waals surface area (Å²) in [5.74, 6) is 2.29. The third-order valence-electron chi connectivity index (χ3n) is 6.94. The summed E-state index contributed by atoms with van der Waals surface area (Å²) in [6.07, 6.45) is 4.84. The van der Waals surface area contributed by atoms with Gasteiger partial charge in [0.2, 0.25) is 5.67 Å². The molecule has 4 bridgehead atoms. The minimum atomic E-state index is -1.95. The fraction of sp³-hybridized carbons (Fsp3) is 0.947. The van der Waals surface area contributed by atoms with Gasteiger partial charge in [-0.1, -0.05) is 0 Å². The molecule has 0 aromatic rings. The van der Waals surface area contributed by atoms with E-state index in [4.69, 9.17) is 4.74 Å². The predicted octanol–water partition coefficient (Wildman–Crippen LogP) is 3.00. The Hall–Kier alpha value is 0.0200. The number of ether oxygens (including phenoxy) is 1. The molecule has 4 nitrogen and oxygen atoms in total. The summed E-state index contributed by atoms with van der Waals surface area (Å²) in [6, 6.07) is 0. The molecule has 0 aromatic heterocycles. The lowest BCUT2D eigenvalue weighted by Gasteiger charge is -2.65. The number of aliphatic hydroxyl groups is 2. The van der Waals surface area contributed by atoms with Crippen LogP contribution in [0.25, 0.3) is 0 Å². The Balaban J connectivity index is 1.53. The number of alkyl halides is 1. The minimum Gasteiger partial charge on any atom is -0.457 e. The molecule has 5 fully saturated rings. The van der Waals surface area contributed by atoms with Crippen molar-refractivity contribution in [3.05, 3.63) is 0 Å². The first-order chi connectivity index (χ1) is 12.2. The average molecular weight is 405 g/mol. The second-order valence-corrected chi connectivity index (χ2v) is 12.3. The summed E-state index contributed by atoms with van der Waals surface area (Å²) < 4.78 is 20.0. The largest absolute Gasteiger partial charge is 0.457 e. The summed E-state index contributed by atoms with van der Waals surface area (Å²) in [5, 5.41) is 19.4. The number of thioether (sulfide) groups is 2. The van der Waals surface area contributed by atoms with E-state index in [0.29, 0.717) is 17.8 Å². The van der Waals surface area contributed by atoms with E-state index >= 15 is 0 Å². The first-order valence-electron chi connectivity index (χ1n) is 9.58. The van der Waals surface area contributed by atoms with Gasteiger partial charge in [-0.3, -0.25) is 0 Å². The normalized spacial score (nSPS) is 40.0. The molecular weight excluding hydrogens is 375 g/mol. The maximum absolute atomic E-state index is 14.0. The summed E-state index contributed by atoms with van der Waals surface area (Å²) in [4.78, 5) is 12.2. The number of carbonyl (C=O) groups excluding carboxylic acids is 1. The molecule has 2 unspecified atom stereocenters. The van der Waals surface area contributed by atoms with E-state index in [2.05, 4.69) is 0 Å². The van der Waals surface area contributed by atoms with E-state index in [-0.39, 0.29) is 17.3 Å². The van der Waals surface area contributed by atoms with E-state index in [1.54, 1.807) is 0 Å². The highest BCUT2D eigenvalue weighted by molar-refractivity contribution is 8.18. The molecule has 2 atom stereocenters. The van der Waals surface area contributed by atoms with Crippen LogP contribution in [-0.4, -0.2) is 56.3 Å². The van der Waals surface area contributed by atoms with Crippen molar-refractivity contribution >= 4 is 29.5 Å². The zero-order valence-corrected chi connectivity index (χ0v) is 17.1. The highest BCUT2D eigenvalue weighted by Gasteiger charge is 2.66. The van der Waals surface area contributed by atoms with Crippen LogP contribution in [0.15, 0.2) is 0 Å². The molecule has 7 heteroatoms. The second kappa shape index (κ2) is 6.26. The summed E-state index contributed by atoms with van der Waals surface area (Å²) in [7, 11) is 0. The number of halogens is 1. The average Bonchev–Trinajstić information content (AvgIpc) is 2.58. The Kier molecular flexibility index (Phi) is 4.66. The molecule has 26 heavy (non-hydrogen) atoms. The van der Waals surface area contributed by atoms with Crippen LogP contribution in [0.4, 0.5) is 4.39 Å². The van der Waals surface area contributed by atoms with Gasteiger partial charge in [0.05, 0.1) is 17.3 Å². The first kappa shape index (κ1) is 19.3. The van der Waals surface area contributed by atoms with Crippen molar-refractivity contribution < 1.29 is 24.1 Å². The molecule has 5 rings (SSSR count). The Morgan fingerprint density at radius 3 is 2.12 bits per heavy atom. The van der Waals surface area contributed by atoms with E-state index < -0.39 is 22.7 Å². The zero-order chi connectivity index (χ0) is 18.8. The van der Waals surface area contributed by atoms with Gasteiger partial charge in [-0.15, -0.1) is 23.5 Å². The van der Waals surface area contributed by atoms with Gasteiger partial charge in [-0.05, 0) is 63.7 Å². The number of rotatable bonds is 4. The molecule has 148 valence electrons. The molecule has 2 N–H and O–H groups in total. The fourth-order valence-electron chi connectivity index (χ4n) is 5.62. The quantitative estimate of drug-likeness (QED) is 0.702. The highest BCUT2D eigenvalue weighted by atomic mass is 32.2. The zero-order valence-electron chi connectivity index (χ0n) is 15.5. The highest BCUT2D eigenvalue weighted by Crippen LogP contribution is 2.70. The number of aliphatic hydroxyl groups excluding tert-OH is 2. The van der Waals surface area contributed by atoms with Crippen LogP contribution >= 0.6 is 23.5 Å². The molecule has 0 radical (unpaired) electrons. The van der Waals surface area contributed by atoms with E-state index in [0.717, 1.165) is 43.6 Å². The first-order valence-corrected chi connectivity index (χ1v) is 11.6. The lowest BCUT2D eigenvalue weighted by Crippen LogP contribution is -2.64. The van der Waals surface area contributed by atoms with Gasteiger partial charge in [-0.2, -0.15) is 0 Å². The molecule has 1 spiro atoms. The van der Waals surface area contributed by atoms with Crippen molar-refractivity contribution in [1.29, 1.82) is 0 Å². The molecule has 0 amide bonds. The number of esters is 1. The van der Waals surface area contributed by atoms with Gasteiger partial charge in [0, 0.05) is 16.9 Å². The predicted molar refractivity (Wildman–Crippen MR) is 102 cm³/mol. The second-order valence-electron chi connectivity index (χ2n) is 9.50. The van der Waals surface area contributed by atoms with Crippen LogP contribution in [0, 0.1) is 23.2 Å². The molecule has 1 heterocycles. The van der Waals surface area contributed by atoms with Gasteiger partial charge < -0.3 is 14.9 Å². The lowest BCUT2D eigenvalue weighted by molar-refractivity contribution is -0.197. The lowest BCUT2D eigenvalue weighted by atomic mass is 9.53. The van der Waals surface area contributed by atoms with Gasteiger partial charge in [0.1, 0.15) is 5.60 Å². The van der Waals surface area contributed by atoms with E-state index in [9.17, 15) is 19.4 Å². The van der Waals surface area contributed by atoms with Crippen LogP contribution in [0.5, 0.6) is 0 Å². The molecule has 5 aliphatic rings. The Morgan fingerprint density at radius 2 is 1.65 bits per heavy atom. The van der Waals surface area contributed by atoms with Gasteiger partial charge in [-0.25, -0.2) is 9.18 Å². The maximum Gasteiger partial charge on any atom is 0.343 e. The van der Waals surface area contributed by atoms with Crippen molar-refractivity contribution in [3.63, 3.8) is 0 Å². The van der Waals surface area contributed by atoms with Gasteiger partial charge in [0.15, 0.2) is 0 Å². The van der Waals surface area contributed by atoms with Crippen LogP contribution < -0.4 is 0 Å². The summed E-state index contributed by atoms with van der Waals surface area (Å²) in [5.41, 5.74) is -2.82. The van der Waals surface area contributed by atoms with Crippen LogP contribution in [0.3, 0.4) is 0 Å². The molecular formula is C19H29FO4S2. The van der Waals surface area contributed by atoms with Crippen LogP contribution in [-0.2, 0) is 9.53 Å². The number of carbonyl (C=O) groups is 1. The third-order valence-corrected chi connectivity index (χ3v) is 11.4. The van der Waals surface area contributed by atoms with Crippen molar-refractivity contribution in [2.24, 2.45) is 23.2 Å². The van der Waals surface area contributed by atoms with Crippen molar-refractivity contribution in [3.8, 4) is 0 Å². The molecule has 0 aromatic carbocycles. The SMILES string of the molecule is CC(C)(F)C(=O)OC12CC3CC(C1)C1(SCC(CO)(CO)CS1)C(C3)C2. The Bertz CT molecular complexity index is 559. The molecule has 4 saturated carbocycles. The van der Waals surface area contributed by atoms with E-state index in [1.807, 2.05) is 23.5 Å². The fourth-order valence-corrected chi connectivity index (χ4v) is 9.73. The standard InChI is InChI=1S/C19H29FO4S2/c1-16(2,20)15(23)24-18-5-12-3-13(6-18)19(14(4-12)7-18)25-10-17(8-21,9-22)11-26-19/h12-14,21-22H,3-11H2,1-2H3.